The molecule has 0 aliphatic heterocycles. The number of benzene rings is 1. The quantitative estimate of drug-likeness (QED) is 0.765. The minimum atomic E-state index is 0.434. The molecule has 2 unspecified atom stereocenters. The summed E-state index contributed by atoms with van der Waals surface area (Å²) in [5.41, 5.74) is 7.35. The number of rotatable bonds is 3. The van der Waals surface area contributed by atoms with Gasteiger partial charge in [-0.15, -0.1) is 0 Å². The highest BCUT2D eigenvalue weighted by Crippen LogP contribution is 2.17. The van der Waals surface area contributed by atoms with Crippen LogP contribution in [-0.2, 0) is 6.54 Å². The minimum absolute atomic E-state index is 0.434. The molecule has 1 aromatic rings. The summed E-state index contributed by atoms with van der Waals surface area (Å²) >= 11 is 0. The monoisotopic (exact) mass is 218 g/mol. The SMILES string of the molecule is NC1CCCC(NCc2ccccc2)CC1. The first kappa shape index (κ1) is 11.6. The second-order valence-corrected chi connectivity index (χ2v) is 4.83. The zero-order valence-corrected chi connectivity index (χ0v) is 9.86. The Morgan fingerprint density at radius 2 is 1.88 bits per heavy atom. The van der Waals surface area contributed by atoms with Gasteiger partial charge in [0.1, 0.15) is 0 Å². The lowest BCUT2D eigenvalue weighted by molar-refractivity contribution is 0.456. The van der Waals surface area contributed by atoms with Gasteiger partial charge in [-0.05, 0) is 31.2 Å². The van der Waals surface area contributed by atoms with Gasteiger partial charge in [0.2, 0.25) is 0 Å². The molecular formula is C14H22N2. The maximum Gasteiger partial charge on any atom is 0.0208 e. The van der Waals surface area contributed by atoms with Crippen LogP contribution in [0.3, 0.4) is 0 Å². The van der Waals surface area contributed by atoms with Crippen LogP contribution in [0, 0.1) is 0 Å². The average Bonchev–Trinajstić information content (AvgIpc) is 2.53. The summed E-state index contributed by atoms with van der Waals surface area (Å²) in [5.74, 6) is 0. The van der Waals surface area contributed by atoms with Gasteiger partial charge in [-0.3, -0.25) is 0 Å². The van der Waals surface area contributed by atoms with Gasteiger partial charge in [0.25, 0.3) is 0 Å². The van der Waals surface area contributed by atoms with Gasteiger partial charge in [0.05, 0.1) is 0 Å². The summed E-state index contributed by atoms with van der Waals surface area (Å²) in [6.07, 6.45) is 6.15. The molecule has 1 saturated carbocycles. The van der Waals surface area contributed by atoms with Crippen LogP contribution in [0.1, 0.15) is 37.7 Å². The van der Waals surface area contributed by atoms with Gasteiger partial charge >= 0.3 is 0 Å². The number of nitrogens with one attached hydrogen (secondary N) is 1. The Morgan fingerprint density at radius 1 is 1.06 bits per heavy atom. The average molecular weight is 218 g/mol. The summed E-state index contributed by atoms with van der Waals surface area (Å²) in [5, 5.41) is 3.64. The van der Waals surface area contributed by atoms with E-state index in [4.69, 9.17) is 5.73 Å². The van der Waals surface area contributed by atoms with E-state index in [2.05, 4.69) is 35.6 Å². The van der Waals surface area contributed by atoms with Gasteiger partial charge in [-0.1, -0.05) is 36.8 Å². The van der Waals surface area contributed by atoms with Crippen molar-refractivity contribution in [3.8, 4) is 0 Å². The van der Waals surface area contributed by atoms with Crippen LogP contribution in [-0.4, -0.2) is 12.1 Å². The van der Waals surface area contributed by atoms with E-state index in [1.54, 1.807) is 0 Å². The first-order valence-corrected chi connectivity index (χ1v) is 6.37. The number of hydrogen-bond acceptors (Lipinski definition) is 2. The van der Waals surface area contributed by atoms with Crippen molar-refractivity contribution in [2.45, 2.75) is 50.7 Å². The Hall–Kier alpha value is -0.860. The molecule has 3 N–H and O–H groups in total. The van der Waals surface area contributed by atoms with E-state index in [9.17, 15) is 0 Å². The first-order chi connectivity index (χ1) is 7.84. The second-order valence-electron chi connectivity index (χ2n) is 4.83. The van der Waals surface area contributed by atoms with Crippen molar-refractivity contribution in [3.63, 3.8) is 0 Å². The third kappa shape index (κ3) is 3.62. The van der Waals surface area contributed by atoms with Crippen molar-refractivity contribution in [2.75, 3.05) is 0 Å². The molecule has 1 fully saturated rings. The molecule has 0 radical (unpaired) electrons. The molecule has 1 aliphatic rings. The lowest BCUT2D eigenvalue weighted by Crippen LogP contribution is -2.28. The number of hydrogen-bond donors (Lipinski definition) is 2. The topological polar surface area (TPSA) is 38.0 Å². The van der Waals surface area contributed by atoms with Gasteiger partial charge in [-0.2, -0.15) is 0 Å². The molecule has 2 rings (SSSR count). The van der Waals surface area contributed by atoms with Crippen LogP contribution in [0.4, 0.5) is 0 Å². The zero-order chi connectivity index (χ0) is 11.2. The normalized spacial score (nSPS) is 26.3. The van der Waals surface area contributed by atoms with Crippen molar-refractivity contribution in [2.24, 2.45) is 5.73 Å². The zero-order valence-electron chi connectivity index (χ0n) is 9.86. The molecule has 16 heavy (non-hydrogen) atoms. The van der Waals surface area contributed by atoms with Crippen LogP contribution in [0.5, 0.6) is 0 Å². The molecular weight excluding hydrogens is 196 g/mol. The summed E-state index contributed by atoms with van der Waals surface area (Å²) in [6, 6.07) is 11.7. The molecule has 0 saturated heterocycles. The summed E-state index contributed by atoms with van der Waals surface area (Å²) in [6.45, 7) is 0.987. The highest BCUT2D eigenvalue weighted by molar-refractivity contribution is 5.14. The van der Waals surface area contributed by atoms with E-state index in [0.29, 0.717) is 12.1 Å². The Bertz CT molecular complexity index is 297. The van der Waals surface area contributed by atoms with Crippen LogP contribution in [0.15, 0.2) is 30.3 Å². The van der Waals surface area contributed by atoms with E-state index in [-0.39, 0.29) is 0 Å². The van der Waals surface area contributed by atoms with Crippen molar-refractivity contribution < 1.29 is 0 Å². The van der Waals surface area contributed by atoms with Crippen molar-refractivity contribution in [1.29, 1.82) is 0 Å². The molecule has 1 aromatic carbocycles. The smallest absolute Gasteiger partial charge is 0.0208 e. The van der Waals surface area contributed by atoms with Crippen LogP contribution >= 0.6 is 0 Å². The molecule has 2 atom stereocenters. The first-order valence-electron chi connectivity index (χ1n) is 6.37. The van der Waals surface area contributed by atoms with E-state index in [1.165, 1.54) is 37.7 Å². The van der Waals surface area contributed by atoms with Gasteiger partial charge < -0.3 is 11.1 Å². The maximum absolute atomic E-state index is 5.98. The summed E-state index contributed by atoms with van der Waals surface area (Å²) in [7, 11) is 0. The molecule has 0 aromatic heterocycles. The third-order valence-electron chi connectivity index (χ3n) is 3.45. The molecule has 88 valence electrons. The predicted octanol–water partition coefficient (Wildman–Crippen LogP) is 2.44. The second kappa shape index (κ2) is 6.02. The van der Waals surface area contributed by atoms with Gasteiger partial charge in [-0.25, -0.2) is 0 Å². The van der Waals surface area contributed by atoms with Crippen LogP contribution in [0.2, 0.25) is 0 Å². The van der Waals surface area contributed by atoms with E-state index < -0.39 is 0 Å². The lowest BCUT2D eigenvalue weighted by atomic mass is 10.1. The molecule has 2 nitrogen and oxygen atoms in total. The lowest BCUT2D eigenvalue weighted by Gasteiger charge is -2.16. The maximum atomic E-state index is 5.98. The number of nitrogens with two attached hydrogens (primary N) is 1. The fraction of sp³-hybridized carbons (Fsp3) is 0.571. The highest BCUT2D eigenvalue weighted by Gasteiger charge is 2.15. The van der Waals surface area contributed by atoms with Crippen LogP contribution in [0.25, 0.3) is 0 Å². The molecule has 0 spiro atoms. The van der Waals surface area contributed by atoms with Crippen molar-refractivity contribution in [1.82, 2.24) is 5.32 Å². The standard InChI is InChI=1S/C14H22N2/c15-13-7-4-8-14(10-9-13)16-11-12-5-2-1-3-6-12/h1-3,5-6,13-14,16H,4,7-11,15H2. The fourth-order valence-corrected chi connectivity index (χ4v) is 2.39. The van der Waals surface area contributed by atoms with Crippen LogP contribution < -0.4 is 11.1 Å². The highest BCUT2D eigenvalue weighted by atomic mass is 14.9. The summed E-state index contributed by atoms with van der Waals surface area (Å²) in [4.78, 5) is 0. The van der Waals surface area contributed by atoms with Gasteiger partial charge in [0.15, 0.2) is 0 Å². The molecule has 0 amide bonds. The molecule has 1 aliphatic carbocycles. The van der Waals surface area contributed by atoms with E-state index >= 15 is 0 Å². The predicted molar refractivity (Wildman–Crippen MR) is 68.1 cm³/mol. The van der Waals surface area contributed by atoms with E-state index in [0.717, 1.165) is 6.54 Å². The fourth-order valence-electron chi connectivity index (χ4n) is 2.39. The Balaban J connectivity index is 1.77. The Kier molecular flexibility index (Phi) is 4.37. The van der Waals surface area contributed by atoms with Crippen molar-refractivity contribution in [3.05, 3.63) is 35.9 Å². The Morgan fingerprint density at radius 3 is 2.69 bits per heavy atom. The minimum Gasteiger partial charge on any atom is -0.328 e. The molecule has 0 heterocycles. The third-order valence-corrected chi connectivity index (χ3v) is 3.45. The van der Waals surface area contributed by atoms with Crippen molar-refractivity contribution >= 4 is 0 Å². The van der Waals surface area contributed by atoms with Gasteiger partial charge in [0, 0.05) is 18.6 Å². The summed E-state index contributed by atoms with van der Waals surface area (Å²) < 4.78 is 0. The molecule has 0 bridgehead atoms. The largest absolute Gasteiger partial charge is 0.328 e. The Labute approximate surface area is 98.2 Å². The molecule has 2 heteroatoms. The van der Waals surface area contributed by atoms with E-state index in [1.807, 2.05) is 0 Å².